The molecule has 2 aliphatic rings. The van der Waals surface area contributed by atoms with E-state index in [4.69, 9.17) is 27.8 Å². The molecule has 4 N–H and O–H groups in total. The Morgan fingerprint density at radius 2 is 2.00 bits per heavy atom. The molecular formula is C22H20ClFN2O2. The number of allylic oxidation sites excluding steroid dienone is 2. The molecule has 0 unspecified atom stereocenters. The van der Waals surface area contributed by atoms with E-state index in [0.717, 1.165) is 11.1 Å². The zero-order valence-electron chi connectivity index (χ0n) is 15.1. The predicted octanol–water partition coefficient (Wildman–Crippen LogP) is 3.67. The van der Waals surface area contributed by atoms with Crippen LogP contribution in [-0.4, -0.2) is 18.6 Å². The second-order valence-electron chi connectivity index (χ2n) is 7.04. The van der Waals surface area contributed by atoms with Gasteiger partial charge in [0.15, 0.2) is 5.60 Å². The highest BCUT2D eigenvalue weighted by molar-refractivity contribution is 6.33. The Bertz CT molecular complexity index is 1000. The lowest BCUT2D eigenvalue weighted by Crippen LogP contribution is -2.39. The van der Waals surface area contributed by atoms with Crippen LogP contribution in [0.2, 0.25) is 5.02 Å². The molecule has 4 rings (SSSR count). The van der Waals surface area contributed by atoms with Crippen LogP contribution in [0.4, 0.5) is 4.39 Å². The molecule has 1 amide bonds. The highest BCUT2D eigenvalue weighted by Gasteiger charge is 2.42. The van der Waals surface area contributed by atoms with Crippen LogP contribution >= 0.6 is 11.6 Å². The average molecular weight is 399 g/mol. The fourth-order valence-electron chi connectivity index (χ4n) is 4.02. The zero-order chi connectivity index (χ0) is 19.9. The molecule has 0 radical (unpaired) electrons. The number of carbonyl (C=O) groups is 1. The Kier molecular flexibility index (Phi) is 4.73. The van der Waals surface area contributed by atoms with E-state index in [9.17, 15) is 9.18 Å². The number of amides is 1. The highest BCUT2D eigenvalue weighted by atomic mass is 35.5. The molecular weight excluding hydrogens is 379 g/mol. The molecule has 0 saturated carbocycles. The van der Waals surface area contributed by atoms with Gasteiger partial charge in [0, 0.05) is 46.7 Å². The molecule has 0 bridgehead atoms. The van der Waals surface area contributed by atoms with E-state index in [-0.39, 0.29) is 24.1 Å². The molecule has 0 fully saturated rings. The lowest BCUT2D eigenvalue weighted by molar-refractivity contribution is -0.114. The first kappa shape index (κ1) is 18.7. The molecule has 6 heteroatoms. The van der Waals surface area contributed by atoms with E-state index in [1.54, 1.807) is 24.3 Å². The van der Waals surface area contributed by atoms with Crippen LogP contribution < -0.4 is 16.2 Å². The Balaban J connectivity index is 1.91. The maximum Gasteiger partial charge on any atom is 0.249 e. The number of primary amides is 1. The van der Waals surface area contributed by atoms with Crippen molar-refractivity contribution in [3.05, 3.63) is 81.9 Å². The summed E-state index contributed by atoms with van der Waals surface area (Å²) in [5.41, 5.74) is 13.4. The van der Waals surface area contributed by atoms with Gasteiger partial charge in [0.25, 0.3) is 0 Å². The normalized spacial score (nSPS) is 23.5. The van der Waals surface area contributed by atoms with Crippen molar-refractivity contribution in [3.63, 3.8) is 0 Å². The number of ether oxygens (including phenoxy) is 1. The van der Waals surface area contributed by atoms with Crippen molar-refractivity contribution in [2.24, 2.45) is 11.5 Å². The smallest absolute Gasteiger partial charge is 0.249 e. The number of alkyl halides is 1. The number of carbonyl (C=O) groups excluding carboxylic acids is 1. The molecule has 28 heavy (non-hydrogen) atoms. The SMILES string of the molecule is NC[C@@]1(c2ccccc2)Cc2c(ccc(Cl)c2C2=C(C(N)=O)C=CC[C@@H]2F)O1. The molecule has 0 spiro atoms. The molecule has 1 heterocycles. The van der Waals surface area contributed by atoms with Crippen molar-refractivity contribution < 1.29 is 13.9 Å². The summed E-state index contributed by atoms with van der Waals surface area (Å²) in [6, 6.07) is 13.1. The second kappa shape index (κ2) is 7.08. The summed E-state index contributed by atoms with van der Waals surface area (Å²) >= 11 is 6.50. The predicted molar refractivity (Wildman–Crippen MR) is 108 cm³/mol. The lowest BCUT2D eigenvalue weighted by atomic mass is 9.83. The van der Waals surface area contributed by atoms with Crippen molar-refractivity contribution >= 4 is 23.1 Å². The number of hydrogen-bond donors (Lipinski definition) is 2. The Morgan fingerprint density at radius 1 is 1.25 bits per heavy atom. The van der Waals surface area contributed by atoms with E-state index in [2.05, 4.69) is 0 Å². The fourth-order valence-corrected chi connectivity index (χ4v) is 4.30. The van der Waals surface area contributed by atoms with Gasteiger partial charge in [0.05, 0.1) is 0 Å². The topological polar surface area (TPSA) is 78.3 Å². The molecule has 2 aromatic rings. The van der Waals surface area contributed by atoms with Gasteiger partial charge in [-0.3, -0.25) is 4.79 Å². The molecule has 144 valence electrons. The molecule has 2 atom stereocenters. The largest absolute Gasteiger partial charge is 0.481 e. The zero-order valence-corrected chi connectivity index (χ0v) is 15.9. The quantitative estimate of drug-likeness (QED) is 0.824. The maximum absolute atomic E-state index is 14.9. The van der Waals surface area contributed by atoms with Gasteiger partial charge in [-0.2, -0.15) is 0 Å². The first-order valence-corrected chi connectivity index (χ1v) is 9.45. The van der Waals surface area contributed by atoms with E-state index in [1.165, 1.54) is 0 Å². The van der Waals surface area contributed by atoms with Gasteiger partial charge in [-0.15, -0.1) is 0 Å². The molecule has 0 saturated heterocycles. The summed E-state index contributed by atoms with van der Waals surface area (Å²) in [7, 11) is 0. The van der Waals surface area contributed by atoms with Crippen molar-refractivity contribution in [1.82, 2.24) is 0 Å². The summed E-state index contributed by atoms with van der Waals surface area (Å²) in [6.45, 7) is 0.240. The van der Waals surface area contributed by atoms with Crippen LogP contribution in [0.25, 0.3) is 5.57 Å². The van der Waals surface area contributed by atoms with Crippen molar-refractivity contribution in [1.29, 1.82) is 0 Å². The Hall–Kier alpha value is -2.63. The van der Waals surface area contributed by atoms with Crippen molar-refractivity contribution in [2.45, 2.75) is 24.6 Å². The third-order valence-corrected chi connectivity index (χ3v) is 5.70. The molecule has 4 nitrogen and oxygen atoms in total. The number of hydrogen-bond acceptors (Lipinski definition) is 3. The van der Waals surface area contributed by atoms with E-state index in [1.807, 2.05) is 30.3 Å². The molecule has 0 aromatic heterocycles. The average Bonchev–Trinajstić information content (AvgIpc) is 3.09. The maximum atomic E-state index is 14.9. The van der Waals surface area contributed by atoms with Gasteiger partial charge in [-0.25, -0.2) is 4.39 Å². The molecule has 2 aromatic carbocycles. The summed E-state index contributed by atoms with van der Waals surface area (Å²) in [4.78, 5) is 12.0. The second-order valence-corrected chi connectivity index (χ2v) is 7.45. The van der Waals surface area contributed by atoms with E-state index >= 15 is 0 Å². The number of nitrogens with two attached hydrogens (primary N) is 2. The van der Waals surface area contributed by atoms with Crippen LogP contribution in [0.1, 0.15) is 23.1 Å². The van der Waals surface area contributed by atoms with Crippen LogP contribution in [-0.2, 0) is 16.8 Å². The minimum Gasteiger partial charge on any atom is -0.481 e. The van der Waals surface area contributed by atoms with Crippen molar-refractivity contribution in [3.8, 4) is 5.75 Å². The summed E-state index contributed by atoms with van der Waals surface area (Å²) < 4.78 is 21.2. The summed E-state index contributed by atoms with van der Waals surface area (Å²) in [5.74, 6) is -0.0962. The van der Waals surface area contributed by atoms with Crippen molar-refractivity contribution in [2.75, 3.05) is 6.54 Å². The lowest BCUT2D eigenvalue weighted by Gasteiger charge is -2.27. The first-order chi connectivity index (χ1) is 13.5. The van der Waals surface area contributed by atoms with Crippen LogP contribution in [0, 0.1) is 0 Å². The number of fused-ring (bicyclic) bond motifs is 1. The van der Waals surface area contributed by atoms with Crippen LogP contribution in [0.5, 0.6) is 5.75 Å². The van der Waals surface area contributed by atoms with Gasteiger partial charge in [-0.05, 0) is 17.7 Å². The third-order valence-electron chi connectivity index (χ3n) is 5.38. The third kappa shape index (κ3) is 2.91. The summed E-state index contributed by atoms with van der Waals surface area (Å²) in [6.07, 6.45) is 2.38. The van der Waals surface area contributed by atoms with Crippen LogP contribution in [0.3, 0.4) is 0 Å². The standard InChI is InChI=1S/C22H20ClFN2O2/c23-16-9-10-18-15(11-22(12-25,28-18)13-5-2-1-3-6-13)19(16)20-14(21(26)27)7-4-8-17(20)24/h1-7,9-10,17H,8,11-12,25H2,(H2,26,27)/t17-,22+/m0/s1. The minimum atomic E-state index is -1.37. The minimum absolute atomic E-state index is 0.138. The highest BCUT2D eigenvalue weighted by Crippen LogP contribution is 2.48. The first-order valence-electron chi connectivity index (χ1n) is 9.08. The Labute approximate surface area is 167 Å². The van der Waals surface area contributed by atoms with Gasteiger partial charge < -0.3 is 16.2 Å². The van der Waals surface area contributed by atoms with E-state index in [0.29, 0.717) is 22.8 Å². The number of benzene rings is 2. The summed E-state index contributed by atoms with van der Waals surface area (Å²) in [5, 5.41) is 0.356. The number of rotatable bonds is 4. The van der Waals surface area contributed by atoms with E-state index < -0.39 is 17.7 Å². The van der Waals surface area contributed by atoms with Gasteiger partial charge in [0.2, 0.25) is 5.91 Å². The Morgan fingerprint density at radius 3 is 2.68 bits per heavy atom. The van der Waals surface area contributed by atoms with Gasteiger partial charge in [0.1, 0.15) is 11.9 Å². The molecule has 1 aliphatic carbocycles. The fraction of sp³-hybridized carbons (Fsp3) is 0.227. The monoisotopic (exact) mass is 398 g/mol. The van der Waals surface area contributed by atoms with Crippen LogP contribution in [0.15, 0.2) is 60.2 Å². The van der Waals surface area contributed by atoms with Gasteiger partial charge in [-0.1, -0.05) is 54.1 Å². The molecule has 1 aliphatic heterocycles. The van der Waals surface area contributed by atoms with Gasteiger partial charge >= 0.3 is 0 Å². The number of halogens is 2.